The van der Waals surface area contributed by atoms with E-state index in [1.54, 1.807) is 0 Å². The smallest absolute Gasteiger partial charge is 0.316 e. The van der Waals surface area contributed by atoms with Crippen molar-refractivity contribution in [2.45, 2.75) is 19.8 Å². The molecule has 0 bridgehead atoms. The van der Waals surface area contributed by atoms with Gasteiger partial charge in [0.05, 0.1) is 42.9 Å². The molecule has 2 aromatic carbocycles. The van der Waals surface area contributed by atoms with Crippen LogP contribution in [0.4, 0.5) is 14.5 Å². The molecule has 5 rings (SSSR count). The number of anilines is 1. The lowest BCUT2D eigenvalue weighted by Crippen LogP contribution is -2.50. The van der Waals surface area contributed by atoms with Gasteiger partial charge in [-0.05, 0) is 37.1 Å². The molecule has 0 spiro atoms. The molecule has 1 atom stereocenters. The van der Waals surface area contributed by atoms with E-state index >= 15 is 0 Å². The first-order valence-corrected chi connectivity index (χ1v) is 13.4. The summed E-state index contributed by atoms with van der Waals surface area (Å²) in [6, 6.07) is 12.1. The van der Waals surface area contributed by atoms with E-state index in [1.165, 1.54) is 6.20 Å². The number of aromatic nitrogens is 2. The molecule has 11 heteroatoms. The number of para-hydroxylation sites is 1. The zero-order valence-electron chi connectivity index (χ0n) is 20.4. The van der Waals surface area contributed by atoms with E-state index in [0.29, 0.717) is 44.2 Å². The SMILES string of the molecule is CC1(COc2c(N3CCN([S+]([O-])COc4ccccc4)CC3)cnn(-c3cc(F)cc(F)c3)c2=O)CC1. The molecular formula is C26H28F2N4O4S. The van der Waals surface area contributed by atoms with E-state index in [4.69, 9.17) is 9.47 Å². The summed E-state index contributed by atoms with van der Waals surface area (Å²) in [6.45, 7) is 4.40. The summed E-state index contributed by atoms with van der Waals surface area (Å²) >= 11 is -1.33. The Labute approximate surface area is 216 Å². The predicted molar refractivity (Wildman–Crippen MR) is 136 cm³/mol. The van der Waals surface area contributed by atoms with Gasteiger partial charge in [0, 0.05) is 24.6 Å². The fourth-order valence-electron chi connectivity index (χ4n) is 4.08. The molecule has 3 aromatic rings. The summed E-state index contributed by atoms with van der Waals surface area (Å²) in [5.41, 5.74) is -0.0885. The van der Waals surface area contributed by atoms with E-state index in [2.05, 4.69) is 12.0 Å². The number of piperazine rings is 1. The fourth-order valence-corrected chi connectivity index (χ4v) is 5.04. The van der Waals surface area contributed by atoms with Crippen molar-refractivity contribution < 1.29 is 22.8 Å². The number of benzene rings is 2. The van der Waals surface area contributed by atoms with E-state index in [0.717, 1.165) is 35.7 Å². The van der Waals surface area contributed by atoms with Crippen LogP contribution in [-0.4, -0.2) is 57.4 Å². The zero-order valence-corrected chi connectivity index (χ0v) is 21.3. The first kappa shape index (κ1) is 25.5. The molecule has 8 nitrogen and oxygen atoms in total. The van der Waals surface area contributed by atoms with Crippen molar-refractivity contribution in [1.82, 2.24) is 14.1 Å². The molecule has 196 valence electrons. The van der Waals surface area contributed by atoms with Crippen LogP contribution in [0.2, 0.25) is 0 Å². The van der Waals surface area contributed by atoms with Crippen molar-refractivity contribution in [3.8, 4) is 17.2 Å². The average molecular weight is 531 g/mol. The molecule has 0 amide bonds. The highest BCUT2D eigenvalue weighted by atomic mass is 32.2. The highest BCUT2D eigenvalue weighted by Crippen LogP contribution is 2.45. The number of ether oxygens (including phenoxy) is 2. The Morgan fingerprint density at radius 3 is 2.35 bits per heavy atom. The Morgan fingerprint density at radius 2 is 1.70 bits per heavy atom. The van der Waals surface area contributed by atoms with Crippen LogP contribution >= 0.6 is 0 Å². The number of rotatable bonds is 9. The molecule has 1 saturated heterocycles. The lowest BCUT2D eigenvalue weighted by Gasteiger charge is -2.35. The van der Waals surface area contributed by atoms with E-state index in [-0.39, 0.29) is 22.8 Å². The molecule has 1 saturated carbocycles. The molecule has 1 aliphatic heterocycles. The number of hydrogen-bond donors (Lipinski definition) is 0. The van der Waals surface area contributed by atoms with Gasteiger partial charge in [-0.15, -0.1) is 4.31 Å². The number of hydrogen-bond acceptors (Lipinski definition) is 7. The van der Waals surface area contributed by atoms with Crippen molar-refractivity contribution in [3.63, 3.8) is 0 Å². The maximum absolute atomic E-state index is 13.8. The van der Waals surface area contributed by atoms with Gasteiger partial charge < -0.3 is 18.9 Å². The third-order valence-corrected chi connectivity index (χ3v) is 7.87. The monoisotopic (exact) mass is 530 g/mol. The summed E-state index contributed by atoms with van der Waals surface area (Å²) in [7, 11) is 0. The van der Waals surface area contributed by atoms with Crippen LogP contribution in [0, 0.1) is 17.0 Å². The van der Waals surface area contributed by atoms with Gasteiger partial charge in [-0.2, -0.15) is 9.78 Å². The molecule has 0 radical (unpaired) electrons. The van der Waals surface area contributed by atoms with Gasteiger partial charge in [-0.3, -0.25) is 4.79 Å². The third-order valence-electron chi connectivity index (χ3n) is 6.61. The van der Waals surface area contributed by atoms with Crippen molar-refractivity contribution in [2.24, 2.45) is 5.41 Å². The van der Waals surface area contributed by atoms with Crippen LogP contribution in [-0.2, 0) is 11.4 Å². The van der Waals surface area contributed by atoms with Crippen molar-refractivity contribution in [2.75, 3.05) is 43.6 Å². The van der Waals surface area contributed by atoms with E-state index < -0.39 is 28.6 Å². The first-order valence-electron chi connectivity index (χ1n) is 12.1. The van der Waals surface area contributed by atoms with Gasteiger partial charge in [0.25, 0.3) is 5.94 Å². The second-order valence-electron chi connectivity index (χ2n) is 9.62. The normalized spacial score (nSPS) is 17.9. The van der Waals surface area contributed by atoms with Crippen LogP contribution in [0.5, 0.6) is 11.5 Å². The number of halogens is 2. The largest absolute Gasteiger partial charge is 0.595 e. The van der Waals surface area contributed by atoms with Gasteiger partial charge in [-0.1, -0.05) is 25.1 Å². The van der Waals surface area contributed by atoms with Crippen LogP contribution in [0.25, 0.3) is 5.69 Å². The lowest BCUT2D eigenvalue weighted by molar-refractivity contribution is 0.242. The molecule has 1 unspecified atom stereocenters. The highest BCUT2D eigenvalue weighted by molar-refractivity contribution is 7.88. The maximum Gasteiger partial charge on any atom is 0.316 e. The minimum Gasteiger partial charge on any atom is -0.595 e. The molecule has 37 heavy (non-hydrogen) atoms. The Bertz CT molecular complexity index is 1280. The molecule has 0 N–H and O–H groups in total. The lowest BCUT2D eigenvalue weighted by atomic mass is 10.2. The van der Waals surface area contributed by atoms with Crippen LogP contribution in [0.1, 0.15) is 19.8 Å². The summed E-state index contributed by atoms with van der Waals surface area (Å²) in [6.07, 6.45) is 3.50. The Balaban J connectivity index is 1.32. The second kappa shape index (κ2) is 10.7. The van der Waals surface area contributed by atoms with Crippen molar-refractivity contribution in [1.29, 1.82) is 0 Å². The summed E-state index contributed by atoms with van der Waals surface area (Å²) in [5.74, 6) is -0.805. The second-order valence-corrected chi connectivity index (χ2v) is 11.0. The molecule has 2 aliphatic rings. The quantitative estimate of drug-likeness (QED) is 0.392. The topological polar surface area (TPSA) is 82.9 Å². The minimum absolute atomic E-state index is 0.0110. The Hall–Kier alpha value is -3.15. The van der Waals surface area contributed by atoms with Crippen LogP contribution in [0.15, 0.2) is 59.5 Å². The average Bonchev–Trinajstić information content (AvgIpc) is 3.63. The fraction of sp³-hybridized carbons (Fsp3) is 0.385. The van der Waals surface area contributed by atoms with Gasteiger partial charge in [0.15, 0.2) is 0 Å². The third kappa shape index (κ3) is 6.06. The zero-order chi connectivity index (χ0) is 26.0. The van der Waals surface area contributed by atoms with Crippen LogP contribution < -0.4 is 19.9 Å². The van der Waals surface area contributed by atoms with E-state index in [1.807, 2.05) is 39.5 Å². The molecular weight excluding hydrogens is 502 g/mol. The summed E-state index contributed by atoms with van der Waals surface area (Å²) in [4.78, 5) is 15.4. The highest BCUT2D eigenvalue weighted by Gasteiger charge is 2.39. The predicted octanol–water partition coefficient (Wildman–Crippen LogP) is 3.51. The first-order chi connectivity index (χ1) is 17.8. The van der Waals surface area contributed by atoms with Crippen LogP contribution in [0.3, 0.4) is 0 Å². The van der Waals surface area contributed by atoms with Crippen molar-refractivity contribution >= 4 is 17.0 Å². The molecule has 1 aromatic heterocycles. The van der Waals surface area contributed by atoms with Gasteiger partial charge >= 0.3 is 5.56 Å². The summed E-state index contributed by atoms with van der Waals surface area (Å²) < 4.78 is 54.8. The maximum atomic E-state index is 13.8. The molecule has 2 fully saturated rings. The van der Waals surface area contributed by atoms with Gasteiger partial charge in [0.1, 0.15) is 23.1 Å². The molecule has 2 heterocycles. The molecule has 1 aliphatic carbocycles. The summed E-state index contributed by atoms with van der Waals surface area (Å²) in [5, 5.41) is 4.20. The van der Waals surface area contributed by atoms with Gasteiger partial charge in [-0.25, -0.2) is 8.78 Å². The van der Waals surface area contributed by atoms with Gasteiger partial charge in [0.2, 0.25) is 5.75 Å². The van der Waals surface area contributed by atoms with Crippen molar-refractivity contribution in [3.05, 3.63) is 76.7 Å². The Kier molecular flexibility index (Phi) is 7.36. The Morgan fingerprint density at radius 1 is 1.03 bits per heavy atom. The number of nitrogens with zero attached hydrogens (tertiary/aromatic N) is 4. The standard InChI is InChI=1S/C26H28F2N4O4S/c1-26(7-8-26)17-35-24-23(16-29-32(25(24)33)21-14-19(27)13-20(28)15-21)30-9-11-31(12-10-30)37(34)18-36-22-5-3-2-4-6-22/h2-6,13-16H,7-12,17-18H2,1H3. The van der Waals surface area contributed by atoms with E-state index in [9.17, 15) is 18.1 Å². The minimum atomic E-state index is -1.33.